The summed E-state index contributed by atoms with van der Waals surface area (Å²) in [5.74, 6) is 1.62. The number of rotatable bonds is 7. The number of nitrogens with one attached hydrogen (secondary N) is 1. The van der Waals surface area contributed by atoms with Gasteiger partial charge in [0.1, 0.15) is 11.8 Å². The van der Waals surface area contributed by atoms with Crippen LogP contribution in [0.2, 0.25) is 0 Å². The number of nitrogens with zero attached hydrogens (tertiary/aromatic N) is 3. The predicted molar refractivity (Wildman–Crippen MR) is 88.8 cm³/mol. The molecule has 0 saturated carbocycles. The number of aromatic nitrogens is 1. The highest BCUT2D eigenvalue weighted by Crippen LogP contribution is 2.22. The van der Waals surface area contributed by atoms with Gasteiger partial charge in [0.2, 0.25) is 11.6 Å². The molecule has 0 fully saturated rings. The first-order valence-corrected chi connectivity index (χ1v) is 7.57. The molecule has 0 radical (unpaired) electrons. The summed E-state index contributed by atoms with van der Waals surface area (Å²) in [6, 6.07) is 9.61. The van der Waals surface area contributed by atoms with Crippen molar-refractivity contribution in [2.24, 2.45) is 5.10 Å². The summed E-state index contributed by atoms with van der Waals surface area (Å²) >= 11 is 0. The van der Waals surface area contributed by atoms with Gasteiger partial charge in [0.25, 0.3) is 5.88 Å². The Hall–Kier alpha value is -2.81. The van der Waals surface area contributed by atoms with Gasteiger partial charge < -0.3 is 9.15 Å². The molecular formula is C17H20N4O2. The maximum atomic E-state index is 9.09. The molecule has 0 aliphatic heterocycles. The second-order valence-corrected chi connectivity index (χ2v) is 5.25. The van der Waals surface area contributed by atoms with Crippen molar-refractivity contribution in [3.8, 4) is 11.8 Å². The van der Waals surface area contributed by atoms with Gasteiger partial charge in [-0.1, -0.05) is 32.9 Å². The Morgan fingerprint density at radius 3 is 2.91 bits per heavy atom. The van der Waals surface area contributed by atoms with Crippen LogP contribution in [-0.4, -0.2) is 17.8 Å². The van der Waals surface area contributed by atoms with Crippen LogP contribution < -0.4 is 10.2 Å². The summed E-state index contributed by atoms with van der Waals surface area (Å²) in [5.41, 5.74) is 3.77. The van der Waals surface area contributed by atoms with Crippen molar-refractivity contribution in [3.05, 3.63) is 41.4 Å². The fourth-order valence-corrected chi connectivity index (χ4v) is 1.83. The lowest BCUT2D eigenvalue weighted by Crippen LogP contribution is -1.99. The number of hydrazone groups is 1. The third kappa shape index (κ3) is 4.33. The summed E-state index contributed by atoms with van der Waals surface area (Å²) in [6.45, 7) is 6.59. The van der Waals surface area contributed by atoms with Gasteiger partial charge in [-0.15, -0.1) is 0 Å². The molecular weight excluding hydrogens is 292 g/mol. The molecule has 1 N–H and O–H groups in total. The normalized spacial score (nSPS) is 10.9. The zero-order chi connectivity index (χ0) is 16.7. The number of nitriles is 1. The van der Waals surface area contributed by atoms with Crippen LogP contribution >= 0.6 is 0 Å². The second-order valence-electron chi connectivity index (χ2n) is 5.25. The highest BCUT2D eigenvalue weighted by atomic mass is 16.5. The Morgan fingerprint density at radius 1 is 1.43 bits per heavy atom. The van der Waals surface area contributed by atoms with Crippen LogP contribution in [0.5, 0.6) is 5.75 Å². The minimum absolute atomic E-state index is 0.102. The Morgan fingerprint density at radius 2 is 2.22 bits per heavy atom. The van der Waals surface area contributed by atoms with E-state index in [9.17, 15) is 0 Å². The Balaban J connectivity index is 2.12. The first-order valence-electron chi connectivity index (χ1n) is 7.57. The highest BCUT2D eigenvalue weighted by Gasteiger charge is 2.14. The molecule has 2 rings (SSSR count). The molecule has 0 aliphatic rings. The second kappa shape index (κ2) is 7.99. The number of benzene rings is 1. The van der Waals surface area contributed by atoms with Crippen molar-refractivity contribution in [2.75, 3.05) is 12.0 Å². The molecule has 2 aromatic rings. The molecule has 1 aromatic carbocycles. The average molecular weight is 312 g/mol. The lowest BCUT2D eigenvalue weighted by atomic mass is 10.2. The summed E-state index contributed by atoms with van der Waals surface area (Å²) < 4.78 is 11.2. The van der Waals surface area contributed by atoms with Gasteiger partial charge in [0, 0.05) is 11.5 Å². The molecule has 0 aliphatic carbocycles. The molecule has 0 amide bonds. The van der Waals surface area contributed by atoms with E-state index in [4.69, 9.17) is 14.4 Å². The van der Waals surface area contributed by atoms with Gasteiger partial charge in [-0.25, -0.2) is 10.4 Å². The molecule has 0 spiro atoms. The predicted octanol–water partition coefficient (Wildman–Crippen LogP) is 3.90. The van der Waals surface area contributed by atoms with Gasteiger partial charge >= 0.3 is 0 Å². The van der Waals surface area contributed by atoms with E-state index >= 15 is 0 Å². The lowest BCUT2D eigenvalue weighted by Gasteiger charge is -2.07. The first-order chi connectivity index (χ1) is 11.2. The third-order valence-electron chi connectivity index (χ3n) is 2.99. The van der Waals surface area contributed by atoms with Gasteiger partial charge in [-0.2, -0.15) is 10.4 Å². The number of ether oxygens (including phenoxy) is 1. The molecule has 0 atom stereocenters. The van der Waals surface area contributed by atoms with Gasteiger partial charge in [0.05, 0.1) is 12.8 Å². The van der Waals surface area contributed by atoms with Crippen molar-refractivity contribution in [3.63, 3.8) is 0 Å². The minimum atomic E-state index is 0.102. The van der Waals surface area contributed by atoms with E-state index in [-0.39, 0.29) is 17.5 Å². The molecule has 6 heteroatoms. The van der Waals surface area contributed by atoms with Crippen LogP contribution in [0.4, 0.5) is 5.88 Å². The molecule has 1 heterocycles. The number of hydrogen-bond donors (Lipinski definition) is 1. The van der Waals surface area contributed by atoms with E-state index in [1.165, 1.54) is 0 Å². The van der Waals surface area contributed by atoms with Gasteiger partial charge in [0.15, 0.2) is 0 Å². The van der Waals surface area contributed by atoms with Crippen molar-refractivity contribution in [2.45, 2.75) is 33.1 Å². The maximum Gasteiger partial charge on any atom is 0.252 e. The zero-order valence-corrected chi connectivity index (χ0v) is 13.5. The van der Waals surface area contributed by atoms with E-state index in [1.807, 2.05) is 44.2 Å². The molecule has 120 valence electrons. The monoisotopic (exact) mass is 312 g/mol. The Labute approximate surface area is 135 Å². The molecule has 0 unspecified atom stereocenters. The fraction of sp³-hybridized carbons (Fsp3) is 0.353. The van der Waals surface area contributed by atoms with Crippen LogP contribution in [-0.2, 0) is 0 Å². The zero-order valence-electron chi connectivity index (χ0n) is 13.5. The number of oxazole rings is 1. The standard InChI is InChI=1S/C17H20N4O2/c1-4-9-22-15-8-6-5-7-13(15)11-19-21-17-14(10-18)20-16(23-17)12(2)3/h5-8,11-12,21H,4,9H2,1-3H3/b19-11+. The van der Waals surface area contributed by atoms with Crippen molar-refractivity contribution in [1.29, 1.82) is 5.26 Å². The topological polar surface area (TPSA) is 83.4 Å². The summed E-state index contributed by atoms with van der Waals surface area (Å²) in [5, 5.41) is 13.2. The molecule has 6 nitrogen and oxygen atoms in total. The highest BCUT2D eigenvalue weighted by molar-refractivity contribution is 5.83. The van der Waals surface area contributed by atoms with Crippen molar-refractivity contribution >= 4 is 12.1 Å². The molecule has 0 bridgehead atoms. The van der Waals surface area contributed by atoms with Crippen LogP contribution in [0.15, 0.2) is 33.8 Å². The van der Waals surface area contributed by atoms with Gasteiger partial charge in [-0.05, 0) is 18.6 Å². The van der Waals surface area contributed by atoms with Crippen LogP contribution in [0.1, 0.15) is 50.3 Å². The van der Waals surface area contributed by atoms with Crippen LogP contribution in [0.25, 0.3) is 0 Å². The summed E-state index contributed by atoms with van der Waals surface area (Å²) in [6.07, 6.45) is 2.56. The molecule has 1 aromatic heterocycles. The van der Waals surface area contributed by atoms with E-state index in [0.717, 1.165) is 17.7 Å². The SMILES string of the molecule is CCCOc1ccccc1/C=N/Nc1oc(C(C)C)nc1C#N. The van der Waals surface area contributed by atoms with E-state index in [1.54, 1.807) is 6.21 Å². The minimum Gasteiger partial charge on any atom is -0.493 e. The van der Waals surface area contributed by atoms with Crippen LogP contribution in [0, 0.1) is 11.3 Å². The van der Waals surface area contributed by atoms with E-state index in [0.29, 0.717) is 12.5 Å². The third-order valence-corrected chi connectivity index (χ3v) is 2.99. The van der Waals surface area contributed by atoms with Crippen LogP contribution in [0.3, 0.4) is 0 Å². The van der Waals surface area contributed by atoms with Crippen molar-refractivity contribution in [1.82, 2.24) is 4.98 Å². The maximum absolute atomic E-state index is 9.09. The van der Waals surface area contributed by atoms with Crippen molar-refractivity contribution < 1.29 is 9.15 Å². The Kier molecular flexibility index (Phi) is 5.75. The lowest BCUT2D eigenvalue weighted by molar-refractivity contribution is 0.317. The van der Waals surface area contributed by atoms with Gasteiger partial charge in [-0.3, -0.25) is 0 Å². The number of para-hydroxylation sites is 1. The van der Waals surface area contributed by atoms with E-state index < -0.39 is 0 Å². The average Bonchev–Trinajstić information content (AvgIpc) is 2.97. The number of anilines is 1. The quantitative estimate of drug-likeness (QED) is 0.619. The molecule has 0 saturated heterocycles. The number of hydrogen-bond acceptors (Lipinski definition) is 6. The first kappa shape index (κ1) is 16.6. The smallest absolute Gasteiger partial charge is 0.252 e. The summed E-state index contributed by atoms with van der Waals surface area (Å²) in [4.78, 5) is 4.12. The summed E-state index contributed by atoms with van der Waals surface area (Å²) in [7, 11) is 0. The Bertz CT molecular complexity index is 714. The largest absolute Gasteiger partial charge is 0.493 e. The fourth-order valence-electron chi connectivity index (χ4n) is 1.83. The molecule has 23 heavy (non-hydrogen) atoms. The van der Waals surface area contributed by atoms with E-state index in [2.05, 4.69) is 22.4 Å².